The Balaban J connectivity index is 2.19. The fraction of sp³-hybridized carbons (Fsp3) is 0.769. The van der Waals surface area contributed by atoms with E-state index in [2.05, 4.69) is 23.8 Å². The first kappa shape index (κ1) is 14.8. The summed E-state index contributed by atoms with van der Waals surface area (Å²) in [5.41, 5.74) is 1.99. The van der Waals surface area contributed by atoms with Crippen molar-refractivity contribution in [1.29, 1.82) is 0 Å². The zero-order valence-corrected chi connectivity index (χ0v) is 12.4. The Morgan fingerprint density at radius 1 is 1.47 bits per heavy atom. The van der Waals surface area contributed by atoms with Gasteiger partial charge in [0.05, 0.1) is 42.3 Å². The molecule has 0 radical (unpaired) electrons. The van der Waals surface area contributed by atoms with Gasteiger partial charge >= 0.3 is 0 Å². The third-order valence-corrected chi connectivity index (χ3v) is 4.04. The minimum atomic E-state index is 0.0510. The lowest BCUT2D eigenvalue weighted by molar-refractivity contribution is -0.0322. The zero-order valence-electron chi connectivity index (χ0n) is 11.6. The standard InChI is InChI=1S/C13H22ClN3O2/c1-3-11-13(14)12(17(4-2)15-11)7-16-5-6-19-9-10(16)8-18/h10,18H,3-9H2,1-2H3. The normalized spacial score (nSPS) is 20.9. The summed E-state index contributed by atoms with van der Waals surface area (Å²) >= 11 is 6.41. The summed E-state index contributed by atoms with van der Waals surface area (Å²) in [5.74, 6) is 0. The number of rotatable bonds is 5. The van der Waals surface area contributed by atoms with Crippen molar-refractivity contribution in [2.24, 2.45) is 0 Å². The zero-order chi connectivity index (χ0) is 13.8. The average Bonchev–Trinajstić information content (AvgIpc) is 2.76. The van der Waals surface area contributed by atoms with Gasteiger partial charge < -0.3 is 9.84 Å². The lowest BCUT2D eigenvalue weighted by Crippen LogP contribution is -2.47. The molecule has 0 aromatic carbocycles. The molecule has 1 aliphatic rings. The number of halogens is 1. The molecule has 1 aromatic heterocycles. The van der Waals surface area contributed by atoms with Gasteiger partial charge in [-0.15, -0.1) is 0 Å². The summed E-state index contributed by atoms with van der Waals surface area (Å²) in [6.07, 6.45) is 0.839. The van der Waals surface area contributed by atoms with Crippen molar-refractivity contribution in [2.75, 3.05) is 26.4 Å². The van der Waals surface area contributed by atoms with Crippen LogP contribution in [0.15, 0.2) is 0 Å². The molecule has 2 heterocycles. The van der Waals surface area contributed by atoms with Crippen LogP contribution in [-0.2, 0) is 24.2 Å². The minimum absolute atomic E-state index is 0.0510. The van der Waals surface area contributed by atoms with Gasteiger partial charge in [-0.3, -0.25) is 9.58 Å². The highest BCUT2D eigenvalue weighted by molar-refractivity contribution is 6.31. The van der Waals surface area contributed by atoms with Crippen molar-refractivity contribution in [3.05, 3.63) is 16.4 Å². The smallest absolute Gasteiger partial charge is 0.0863 e. The van der Waals surface area contributed by atoms with Crippen LogP contribution in [0.4, 0.5) is 0 Å². The van der Waals surface area contributed by atoms with Gasteiger partial charge in [-0.25, -0.2) is 0 Å². The first-order valence-electron chi connectivity index (χ1n) is 6.87. The van der Waals surface area contributed by atoms with E-state index in [0.29, 0.717) is 19.8 Å². The number of aryl methyl sites for hydroxylation is 2. The number of morpholine rings is 1. The van der Waals surface area contributed by atoms with Crippen molar-refractivity contribution in [2.45, 2.75) is 39.4 Å². The number of hydrogen-bond donors (Lipinski definition) is 1. The van der Waals surface area contributed by atoms with E-state index in [0.717, 1.165) is 35.9 Å². The number of ether oxygens (including phenoxy) is 1. The monoisotopic (exact) mass is 287 g/mol. The van der Waals surface area contributed by atoms with Crippen LogP contribution in [0.25, 0.3) is 0 Å². The van der Waals surface area contributed by atoms with E-state index in [4.69, 9.17) is 16.3 Å². The molecule has 108 valence electrons. The molecule has 0 amide bonds. The van der Waals surface area contributed by atoms with Crippen LogP contribution in [0.2, 0.25) is 5.02 Å². The van der Waals surface area contributed by atoms with Gasteiger partial charge in [0.25, 0.3) is 0 Å². The van der Waals surface area contributed by atoms with Crippen LogP contribution in [0, 0.1) is 0 Å². The molecular weight excluding hydrogens is 266 g/mol. The summed E-state index contributed by atoms with van der Waals surface area (Å²) < 4.78 is 7.36. The molecule has 19 heavy (non-hydrogen) atoms. The highest BCUT2D eigenvalue weighted by atomic mass is 35.5. The van der Waals surface area contributed by atoms with Crippen molar-refractivity contribution >= 4 is 11.6 Å². The molecular formula is C13H22ClN3O2. The molecule has 1 atom stereocenters. The van der Waals surface area contributed by atoms with E-state index in [-0.39, 0.29) is 12.6 Å². The van der Waals surface area contributed by atoms with Crippen LogP contribution in [-0.4, -0.2) is 52.2 Å². The molecule has 0 aliphatic carbocycles. The van der Waals surface area contributed by atoms with Crippen LogP contribution >= 0.6 is 11.6 Å². The summed E-state index contributed by atoms with van der Waals surface area (Å²) in [5, 5.41) is 14.7. The first-order valence-corrected chi connectivity index (χ1v) is 7.25. The van der Waals surface area contributed by atoms with Crippen LogP contribution in [0.1, 0.15) is 25.2 Å². The fourth-order valence-electron chi connectivity index (χ4n) is 2.43. The van der Waals surface area contributed by atoms with Crippen molar-refractivity contribution < 1.29 is 9.84 Å². The fourth-order valence-corrected chi connectivity index (χ4v) is 2.75. The molecule has 1 unspecified atom stereocenters. The maximum absolute atomic E-state index is 9.41. The maximum atomic E-state index is 9.41. The second-order valence-electron chi connectivity index (χ2n) is 4.76. The molecule has 1 aliphatic heterocycles. The van der Waals surface area contributed by atoms with Crippen molar-refractivity contribution in [3.63, 3.8) is 0 Å². The number of hydrogen-bond acceptors (Lipinski definition) is 4. The second kappa shape index (κ2) is 6.70. The summed E-state index contributed by atoms with van der Waals surface area (Å²) in [6, 6.07) is 0.0510. The SMILES string of the molecule is CCc1nn(CC)c(CN2CCOCC2CO)c1Cl. The topological polar surface area (TPSA) is 50.5 Å². The third kappa shape index (κ3) is 3.11. The number of aromatic nitrogens is 2. The van der Waals surface area contributed by atoms with Gasteiger partial charge in [0.1, 0.15) is 0 Å². The molecule has 2 rings (SSSR count). The Morgan fingerprint density at radius 2 is 2.26 bits per heavy atom. The van der Waals surface area contributed by atoms with E-state index in [1.54, 1.807) is 0 Å². The quantitative estimate of drug-likeness (QED) is 0.887. The Kier molecular flexibility index (Phi) is 5.21. The van der Waals surface area contributed by atoms with Gasteiger partial charge in [-0.2, -0.15) is 5.10 Å². The van der Waals surface area contributed by atoms with E-state index >= 15 is 0 Å². The summed E-state index contributed by atoms with van der Waals surface area (Å²) in [7, 11) is 0. The molecule has 5 nitrogen and oxygen atoms in total. The highest BCUT2D eigenvalue weighted by Gasteiger charge is 2.25. The van der Waals surface area contributed by atoms with Crippen LogP contribution in [0.5, 0.6) is 0 Å². The Bertz CT molecular complexity index is 422. The summed E-state index contributed by atoms with van der Waals surface area (Å²) in [4.78, 5) is 2.22. The van der Waals surface area contributed by atoms with E-state index in [1.165, 1.54) is 0 Å². The highest BCUT2D eigenvalue weighted by Crippen LogP contribution is 2.24. The van der Waals surface area contributed by atoms with Gasteiger partial charge in [-0.05, 0) is 13.3 Å². The predicted molar refractivity (Wildman–Crippen MR) is 74.4 cm³/mol. The molecule has 6 heteroatoms. The molecule has 1 saturated heterocycles. The number of aliphatic hydroxyl groups is 1. The first-order chi connectivity index (χ1) is 9.21. The predicted octanol–water partition coefficient (Wildman–Crippen LogP) is 1.31. The van der Waals surface area contributed by atoms with Crippen molar-refractivity contribution in [3.8, 4) is 0 Å². The number of aliphatic hydroxyl groups excluding tert-OH is 1. The van der Waals surface area contributed by atoms with Gasteiger partial charge in [0.2, 0.25) is 0 Å². The second-order valence-corrected chi connectivity index (χ2v) is 5.14. The Morgan fingerprint density at radius 3 is 2.89 bits per heavy atom. The molecule has 1 aromatic rings. The van der Waals surface area contributed by atoms with Crippen LogP contribution in [0.3, 0.4) is 0 Å². The lowest BCUT2D eigenvalue weighted by atomic mass is 10.2. The van der Waals surface area contributed by atoms with Crippen molar-refractivity contribution in [1.82, 2.24) is 14.7 Å². The van der Waals surface area contributed by atoms with Gasteiger partial charge in [0.15, 0.2) is 0 Å². The van der Waals surface area contributed by atoms with E-state index < -0.39 is 0 Å². The summed E-state index contributed by atoms with van der Waals surface area (Å²) in [6.45, 7) is 7.86. The lowest BCUT2D eigenvalue weighted by Gasteiger charge is -2.34. The van der Waals surface area contributed by atoms with Gasteiger partial charge in [-0.1, -0.05) is 18.5 Å². The largest absolute Gasteiger partial charge is 0.395 e. The number of nitrogens with zero attached hydrogens (tertiary/aromatic N) is 3. The minimum Gasteiger partial charge on any atom is -0.395 e. The Hall–Kier alpha value is -0.620. The molecule has 1 fully saturated rings. The Labute approximate surface area is 119 Å². The van der Waals surface area contributed by atoms with Gasteiger partial charge in [0, 0.05) is 19.6 Å². The van der Waals surface area contributed by atoms with E-state index in [9.17, 15) is 5.11 Å². The molecule has 0 spiro atoms. The molecule has 0 saturated carbocycles. The average molecular weight is 288 g/mol. The van der Waals surface area contributed by atoms with E-state index in [1.807, 2.05) is 4.68 Å². The molecule has 0 bridgehead atoms. The maximum Gasteiger partial charge on any atom is 0.0863 e. The third-order valence-electron chi connectivity index (χ3n) is 3.61. The van der Waals surface area contributed by atoms with Crippen LogP contribution < -0.4 is 0 Å². The molecule has 1 N–H and O–H groups in total.